The molecule has 0 unspecified atom stereocenters. The molecule has 2 aromatic heterocycles. The van der Waals surface area contributed by atoms with Gasteiger partial charge in [0.15, 0.2) is 11.0 Å². The summed E-state index contributed by atoms with van der Waals surface area (Å²) >= 11 is 3.05. The van der Waals surface area contributed by atoms with Crippen molar-refractivity contribution in [1.29, 1.82) is 0 Å². The Morgan fingerprint density at radius 2 is 2.36 bits per heavy atom. The molecule has 0 aliphatic rings. The van der Waals surface area contributed by atoms with Gasteiger partial charge in [-0.05, 0) is 25.3 Å². The lowest BCUT2D eigenvalue weighted by Gasteiger charge is -2.12. The molecule has 0 aliphatic heterocycles. The van der Waals surface area contributed by atoms with Crippen LogP contribution in [0.3, 0.4) is 0 Å². The molecule has 0 spiro atoms. The van der Waals surface area contributed by atoms with E-state index in [4.69, 9.17) is 4.74 Å². The van der Waals surface area contributed by atoms with E-state index in [0.717, 1.165) is 22.4 Å². The number of carbonyl (C=O) groups is 1. The summed E-state index contributed by atoms with van der Waals surface area (Å²) in [4.78, 5) is 13.1. The third-order valence-corrected chi connectivity index (χ3v) is 4.98. The van der Waals surface area contributed by atoms with Gasteiger partial charge < -0.3 is 14.6 Å². The zero-order valence-electron chi connectivity index (χ0n) is 12.9. The van der Waals surface area contributed by atoms with Gasteiger partial charge in [0, 0.05) is 20.2 Å². The summed E-state index contributed by atoms with van der Waals surface area (Å²) in [5, 5.41) is 13.9. The fourth-order valence-electron chi connectivity index (χ4n) is 1.88. The molecule has 22 heavy (non-hydrogen) atoms. The summed E-state index contributed by atoms with van der Waals surface area (Å²) in [5.74, 6) is 0.831. The maximum Gasteiger partial charge on any atom is 0.233 e. The van der Waals surface area contributed by atoms with Crippen molar-refractivity contribution in [3.05, 3.63) is 17.5 Å². The van der Waals surface area contributed by atoms with Crippen molar-refractivity contribution in [2.24, 2.45) is 0 Å². The fraction of sp³-hybridized carbons (Fsp3) is 0.500. The van der Waals surface area contributed by atoms with Gasteiger partial charge in [-0.25, -0.2) is 0 Å². The van der Waals surface area contributed by atoms with E-state index in [0.29, 0.717) is 13.2 Å². The number of aromatic nitrogens is 3. The van der Waals surface area contributed by atoms with E-state index in [-0.39, 0.29) is 11.2 Å². The maximum absolute atomic E-state index is 12.0. The minimum absolute atomic E-state index is 0.0228. The lowest BCUT2D eigenvalue weighted by Crippen LogP contribution is -2.33. The van der Waals surface area contributed by atoms with Gasteiger partial charge in [0.2, 0.25) is 5.91 Å². The molecule has 0 aliphatic carbocycles. The predicted octanol–water partition coefficient (Wildman–Crippen LogP) is 2.27. The monoisotopic (exact) mass is 340 g/mol. The van der Waals surface area contributed by atoms with Crippen LogP contribution in [0.2, 0.25) is 0 Å². The Morgan fingerprint density at radius 3 is 3.00 bits per heavy atom. The summed E-state index contributed by atoms with van der Waals surface area (Å²) in [7, 11) is 1.61. The second kappa shape index (κ2) is 8.30. The highest BCUT2D eigenvalue weighted by molar-refractivity contribution is 8.00. The molecule has 0 saturated carbocycles. The molecule has 2 aromatic rings. The number of rotatable bonds is 8. The number of ether oxygens (including phenoxy) is 1. The summed E-state index contributed by atoms with van der Waals surface area (Å²) in [6, 6.07) is 4.02. The van der Waals surface area contributed by atoms with E-state index in [2.05, 4.69) is 15.5 Å². The minimum atomic E-state index is -0.234. The number of hydrogen-bond donors (Lipinski definition) is 1. The Balaban J connectivity index is 2.05. The Kier molecular flexibility index (Phi) is 6.41. The molecule has 0 saturated heterocycles. The Morgan fingerprint density at radius 1 is 1.55 bits per heavy atom. The van der Waals surface area contributed by atoms with Crippen LogP contribution in [-0.2, 0) is 16.1 Å². The minimum Gasteiger partial charge on any atom is -0.383 e. The first-order valence-electron chi connectivity index (χ1n) is 7.07. The smallest absolute Gasteiger partial charge is 0.233 e. The van der Waals surface area contributed by atoms with Crippen molar-refractivity contribution in [1.82, 2.24) is 20.1 Å². The highest BCUT2D eigenvalue weighted by Gasteiger charge is 2.20. The van der Waals surface area contributed by atoms with Gasteiger partial charge >= 0.3 is 0 Å². The highest BCUT2D eigenvalue weighted by atomic mass is 32.2. The van der Waals surface area contributed by atoms with Crippen LogP contribution in [0.15, 0.2) is 22.7 Å². The number of carbonyl (C=O) groups excluding carboxylic acids is 1. The molecule has 0 bridgehead atoms. The van der Waals surface area contributed by atoms with Crippen LogP contribution in [0.5, 0.6) is 0 Å². The van der Waals surface area contributed by atoms with Gasteiger partial charge in [-0.2, -0.15) is 0 Å². The third-order valence-electron chi connectivity index (χ3n) is 3.03. The first-order valence-corrected chi connectivity index (χ1v) is 8.83. The highest BCUT2D eigenvalue weighted by Crippen LogP contribution is 2.28. The van der Waals surface area contributed by atoms with Gasteiger partial charge in [0.05, 0.1) is 16.7 Å². The molecule has 6 nitrogen and oxygen atoms in total. The summed E-state index contributed by atoms with van der Waals surface area (Å²) in [6.45, 7) is 5.71. The standard InChI is InChI=1S/C14H20N4O2S2/c1-4-18-12(11-6-5-9-21-11)16-17-14(18)22-10(2)13(19)15-7-8-20-3/h5-6,9-10H,4,7-8H2,1-3H3,(H,15,19)/t10-/m0/s1. The zero-order chi connectivity index (χ0) is 15.9. The molecule has 0 radical (unpaired) electrons. The van der Waals surface area contributed by atoms with Gasteiger partial charge in [-0.1, -0.05) is 17.8 Å². The first kappa shape index (κ1) is 17.0. The Hall–Kier alpha value is -1.38. The van der Waals surface area contributed by atoms with Crippen LogP contribution < -0.4 is 5.32 Å². The van der Waals surface area contributed by atoms with Crippen LogP contribution in [0, 0.1) is 0 Å². The van der Waals surface area contributed by atoms with E-state index in [1.807, 2.05) is 35.9 Å². The van der Waals surface area contributed by atoms with Gasteiger partial charge in [-0.15, -0.1) is 21.5 Å². The molecule has 120 valence electrons. The summed E-state index contributed by atoms with van der Waals surface area (Å²) in [6.07, 6.45) is 0. The second-order valence-corrected chi connectivity index (χ2v) is 6.83. The average Bonchev–Trinajstić information content (AvgIpc) is 3.15. The number of thioether (sulfide) groups is 1. The summed E-state index contributed by atoms with van der Waals surface area (Å²) in [5.41, 5.74) is 0. The molecular formula is C14H20N4O2S2. The Bertz CT molecular complexity index is 598. The quantitative estimate of drug-likeness (QED) is 0.590. The van der Waals surface area contributed by atoms with E-state index in [9.17, 15) is 4.79 Å². The lowest BCUT2D eigenvalue weighted by molar-refractivity contribution is -0.120. The molecule has 8 heteroatoms. The van der Waals surface area contributed by atoms with Gasteiger partial charge in [-0.3, -0.25) is 4.79 Å². The van der Waals surface area contributed by atoms with Crippen LogP contribution in [0.1, 0.15) is 13.8 Å². The molecule has 1 atom stereocenters. The molecule has 0 fully saturated rings. The van der Waals surface area contributed by atoms with Crippen molar-refractivity contribution in [2.45, 2.75) is 30.8 Å². The molecular weight excluding hydrogens is 320 g/mol. The zero-order valence-corrected chi connectivity index (χ0v) is 14.5. The number of amides is 1. The first-order chi connectivity index (χ1) is 10.7. The van der Waals surface area contributed by atoms with Crippen molar-refractivity contribution >= 4 is 29.0 Å². The molecule has 2 heterocycles. The molecule has 0 aromatic carbocycles. The number of hydrogen-bond acceptors (Lipinski definition) is 6. The number of methoxy groups -OCH3 is 1. The number of thiophene rings is 1. The fourth-order valence-corrected chi connectivity index (χ4v) is 3.54. The van der Waals surface area contributed by atoms with Gasteiger partial charge in [0.25, 0.3) is 0 Å². The largest absolute Gasteiger partial charge is 0.383 e. The van der Waals surface area contributed by atoms with Crippen molar-refractivity contribution < 1.29 is 9.53 Å². The van der Waals surface area contributed by atoms with Crippen molar-refractivity contribution in [2.75, 3.05) is 20.3 Å². The van der Waals surface area contributed by atoms with Crippen LogP contribution >= 0.6 is 23.1 Å². The lowest BCUT2D eigenvalue weighted by atomic mass is 10.4. The third kappa shape index (κ3) is 4.08. The predicted molar refractivity (Wildman–Crippen MR) is 89.2 cm³/mol. The average molecular weight is 340 g/mol. The van der Waals surface area contributed by atoms with Crippen molar-refractivity contribution in [3.63, 3.8) is 0 Å². The van der Waals surface area contributed by atoms with E-state index in [1.54, 1.807) is 18.4 Å². The van der Waals surface area contributed by atoms with Crippen LogP contribution in [-0.4, -0.2) is 46.2 Å². The maximum atomic E-state index is 12.0. The molecule has 1 N–H and O–H groups in total. The summed E-state index contributed by atoms with van der Waals surface area (Å²) < 4.78 is 6.96. The van der Waals surface area contributed by atoms with Crippen molar-refractivity contribution in [3.8, 4) is 10.7 Å². The van der Waals surface area contributed by atoms with E-state index in [1.165, 1.54) is 11.8 Å². The van der Waals surface area contributed by atoms with E-state index >= 15 is 0 Å². The van der Waals surface area contributed by atoms with Crippen LogP contribution in [0.4, 0.5) is 0 Å². The topological polar surface area (TPSA) is 69.0 Å². The van der Waals surface area contributed by atoms with E-state index < -0.39 is 0 Å². The SMILES string of the molecule is CCn1c(S[C@@H](C)C(=O)NCCOC)nnc1-c1cccs1. The number of nitrogens with zero attached hydrogens (tertiary/aromatic N) is 3. The second-order valence-electron chi connectivity index (χ2n) is 4.57. The molecule has 1 amide bonds. The normalized spacial score (nSPS) is 12.3. The van der Waals surface area contributed by atoms with Crippen LogP contribution in [0.25, 0.3) is 10.7 Å². The number of nitrogens with one attached hydrogen (secondary N) is 1. The molecule has 2 rings (SSSR count). The Labute approximate surface area is 138 Å². The van der Waals surface area contributed by atoms with Gasteiger partial charge in [0.1, 0.15) is 0 Å².